The highest BCUT2D eigenvalue weighted by Gasteiger charge is 2.20. The lowest BCUT2D eigenvalue weighted by atomic mass is 10.0. The maximum atomic E-state index is 6.32. The Bertz CT molecular complexity index is 3530. The van der Waals surface area contributed by atoms with Gasteiger partial charge in [0.25, 0.3) is 0 Å². The Kier molecular flexibility index (Phi) is 6.83. The van der Waals surface area contributed by atoms with Gasteiger partial charge < -0.3 is 13.4 Å². The van der Waals surface area contributed by atoms with Crippen LogP contribution >= 0.6 is 0 Å². The molecular weight excluding hydrogens is 701 g/mol. The lowest BCUT2D eigenvalue weighted by Crippen LogP contribution is -2.01. The average Bonchev–Trinajstić information content (AvgIpc) is 3.95. The van der Waals surface area contributed by atoms with Crippen molar-refractivity contribution in [2.45, 2.75) is 0 Å². The van der Waals surface area contributed by atoms with Gasteiger partial charge in [0.1, 0.15) is 22.3 Å². The third-order valence-electron chi connectivity index (χ3n) is 11.1. The van der Waals surface area contributed by atoms with Crippen LogP contribution in [0, 0.1) is 0 Å². The summed E-state index contributed by atoms with van der Waals surface area (Å²) >= 11 is 0. The quantitative estimate of drug-likeness (QED) is 0.176. The Morgan fingerprint density at radius 1 is 0.333 bits per heavy atom. The van der Waals surface area contributed by atoms with Crippen LogP contribution in [0.3, 0.4) is 0 Å². The molecule has 6 nitrogen and oxygen atoms in total. The molecule has 0 saturated heterocycles. The average molecular weight is 731 g/mol. The van der Waals surface area contributed by atoms with E-state index < -0.39 is 0 Å². The number of benzene rings is 8. The van der Waals surface area contributed by atoms with Crippen molar-refractivity contribution < 1.29 is 8.83 Å². The van der Waals surface area contributed by atoms with Crippen LogP contribution in [0.25, 0.3) is 117 Å². The smallest absolute Gasteiger partial charge is 0.164 e. The number of hydrogen-bond acceptors (Lipinski definition) is 5. The van der Waals surface area contributed by atoms with Gasteiger partial charge in [-0.15, -0.1) is 0 Å². The molecule has 6 heteroatoms. The number of rotatable bonds is 5. The lowest BCUT2D eigenvalue weighted by Gasteiger charge is -2.11. The minimum atomic E-state index is 0.554. The molecule has 0 aliphatic carbocycles. The molecule has 8 aromatic carbocycles. The van der Waals surface area contributed by atoms with Gasteiger partial charge in [0.05, 0.1) is 11.0 Å². The Morgan fingerprint density at radius 3 is 1.61 bits per heavy atom. The van der Waals surface area contributed by atoms with Crippen molar-refractivity contribution in [2.75, 3.05) is 0 Å². The first kappa shape index (κ1) is 31.5. The SMILES string of the molecule is c1ccc(-c2ccc3c4ccc(-c5nc(-c6ccc7c(c6)oc6ccccc67)nc(-c6cccc7oc8ccccc8c67)n5)cc4n(-c4ccccc4)c3c2)cc1. The summed E-state index contributed by atoms with van der Waals surface area (Å²) in [5.41, 5.74) is 11.4. The van der Waals surface area contributed by atoms with Crippen molar-refractivity contribution in [2.24, 2.45) is 0 Å². The van der Waals surface area contributed by atoms with E-state index in [4.69, 9.17) is 23.8 Å². The molecule has 0 aliphatic rings. The zero-order valence-corrected chi connectivity index (χ0v) is 30.4. The predicted octanol–water partition coefficient (Wildman–Crippen LogP) is 13.4. The van der Waals surface area contributed by atoms with Crippen molar-refractivity contribution in [1.29, 1.82) is 0 Å². The fraction of sp³-hybridized carbons (Fsp3) is 0. The molecule has 0 atom stereocenters. The maximum Gasteiger partial charge on any atom is 0.164 e. The second kappa shape index (κ2) is 12.3. The van der Waals surface area contributed by atoms with E-state index in [1.807, 2.05) is 54.6 Å². The Hall–Kier alpha value is -7.83. The molecule has 12 aromatic rings. The highest BCUT2D eigenvalue weighted by Crippen LogP contribution is 2.40. The van der Waals surface area contributed by atoms with Gasteiger partial charge in [0.2, 0.25) is 0 Å². The van der Waals surface area contributed by atoms with E-state index in [0.717, 1.165) is 88.2 Å². The van der Waals surface area contributed by atoms with E-state index in [2.05, 4.69) is 132 Å². The van der Waals surface area contributed by atoms with Gasteiger partial charge in [-0.1, -0.05) is 127 Å². The summed E-state index contributed by atoms with van der Waals surface area (Å²) in [6.07, 6.45) is 0. The van der Waals surface area contributed by atoms with Crippen molar-refractivity contribution in [1.82, 2.24) is 19.5 Å². The number of nitrogens with zero attached hydrogens (tertiary/aromatic N) is 4. The van der Waals surface area contributed by atoms with Crippen molar-refractivity contribution in [3.05, 3.63) is 182 Å². The molecule has 0 radical (unpaired) electrons. The van der Waals surface area contributed by atoms with E-state index in [-0.39, 0.29) is 0 Å². The van der Waals surface area contributed by atoms with Crippen molar-refractivity contribution in [3.63, 3.8) is 0 Å². The number of hydrogen-bond donors (Lipinski definition) is 0. The van der Waals surface area contributed by atoms with Gasteiger partial charge in [0, 0.05) is 54.7 Å². The molecule has 12 rings (SSSR count). The van der Waals surface area contributed by atoms with Crippen LogP contribution in [0.1, 0.15) is 0 Å². The fourth-order valence-electron chi connectivity index (χ4n) is 8.40. The number of furan rings is 2. The maximum absolute atomic E-state index is 6.32. The fourth-order valence-corrected chi connectivity index (χ4v) is 8.40. The summed E-state index contributed by atoms with van der Waals surface area (Å²) in [6.45, 7) is 0. The van der Waals surface area contributed by atoms with Crippen molar-refractivity contribution >= 4 is 65.7 Å². The molecule has 0 unspecified atom stereocenters. The van der Waals surface area contributed by atoms with E-state index >= 15 is 0 Å². The molecule has 266 valence electrons. The number of para-hydroxylation sites is 3. The Morgan fingerprint density at radius 2 is 0.860 bits per heavy atom. The number of aromatic nitrogens is 4. The van der Waals surface area contributed by atoms with Crippen LogP contribution in [-0.4, -0.2) is 19.5 Å². The molecule has 0 aliphatic heterocycles. The molecule has 0 bridgehead atoms. The summed E-state index contributed by atoms with van der Waals surface area (Å²) < 4.78 is 15.0. The first-order valence-electron chi connectivity index (χ1n) is 19.0. The molecule has 0 amide bonds. The second-order valence-corrected chi connectivity index (χ2v) is 14.4. The normalized spacial score (nSPS) is 11.9. The second-order valence-electron chi connectivity index (χ2n) is 14.4. The van der Waals surface area contributed by atoms with Gasteiger partial charge in [-0.3, -0.25) is 0 Å². The molecule has 4 heterocycles. The first-order valence-corrected chi connectivity index (χ1v) is 19.0. The van der Waals surface area contributed by atoms with Gasteiger partial charge in [0.15, 0.2) is 17.5 Å². The van der Waals surface area contributed by atoms with Gasteiger partial charge in [-0.05, 0) is 65.7 Å². The van der Waals surface area contributed by atoms with Crippen LogP contribution in [-0.2, 0) is 0 Å². The van der Waals surface area contributed by atoms with E-state index in [1.54, 1.807) is 0 Å². The summed E-state index contributed by atoms with van der Waals surface area (Å²) in [6, 6.07) is 62.8. The van der Waals surface area contributed by atoms with Crippen LogP contribution in [0.2, 0.25) is 0 Å². The lowest BCUT2D eigenvalue weighted by molar-refractivity contribution is 0.668. The largest absolute Gasteiger partial charge is 0.456 e. The van der Waals surface area contributed by atoms with Gasteiger partial charge in [-0.2, -0.15) is 0 Å². The van der Waals surface area contributed by atoms with Crippen LogP contribution in [0.5, 0.6) is 0 Å². The minimum absolute atomic E-state index is 0.554. The monoisotopic (exact) mass is 730 g/mol. The molecule has 4 aromatic heterocycles. The Balaban J connectivity index is 1.11. The van der Waals surface area contributed by atoms with Crippen LogP contribution in [0.4, 0.5) is 0 Å². The third kappa shape index (κ3) is 5.01. The summed E-state index contributed by atoms with van der Waals surface area (Å²) in [5, 5.41) is 6.43. The summed E-state index contributed by atoms with van der Waals surface area (Å²) in [5.74, 6) is 1.69. The van der Waals surface area contributed by atoms with E-state index in [1.165, 1.54) is 10.9 Å². The first-order chi connectivity index (χ1) is 28.2. The molecule has 0 saturated carbocycles. The standard InChI is InChI=1S/C51H30N4O2/c1-3-12-31(13-4-1)32-22-25-36-37-26-23-33(29-43(37)55(42(36)28-32)35-14-5-2-6-15-35)49-52-50(34-24-27-39-38-16-7-9-19-44(38)57-47(39)30-34)54-51(53-49)41-18-11-21-46-48(41)40-17-8-10-20-45(40)56-46/h1-30H. The van der Waals surface area contributed by atoms with Crippen LogP contribution < -0.4 is 0 Å². The minimum Gasteiger partial charge on any atom is -0.456 e. The van der Waals surface area contributed by atoms with Crippen LogP contribution in [0.15, 0.2) is 191 Å². The predicted molar refractivity (Wildman–Crippen MR) is 230 cm³/mol. The van der Waals surface area contributed by atoms with Gasteiger partial charge >= 0.3 is 0 Å². The molecule has 0 fully saturated rings. The highest BCUT2D eigenvalue weighted by atomic mass is 16.3. The number of fused-ring (bicyclic) bond motifs is 9. The third-order valence-corrected chi connectivity index (χ3v) is 11.1. The molecule has 0 spiro atoms. The van der Waals surface area contributed by atoms with E-state index in [9.17, 15) is 0 Å². The molecular formula is C51H30N4O2. The van der Waals surface area contributed by atoms with Crippen molar-refractivity contribution in [3.8, 4) is 51.0 Å². The zero-order chi connectivity index (χ0) is 37.5. The highest BCUT2D eigenvalue weighted by molar-refractivity contribution is 6.13. The molecule has 57 heavy (non-hydrogen) atoms. The topological polar surface area (TPSA) is 69.9 Å². The molecule has 0 N–H and O–H groups in total. The zero-order valence-electron chi connectivity index (χ0n) is 30.4. The van der Waals surface area contributed by atoms with E-state index in [0.29, 0.717) is 17.5 Å². The summed E-state index contributed by atoms with van der Waals surface area (Å²) in [4.78, 5) is 15.7. The summed E-state index contributed by atoms with van der Waals surface area (Å²) in [7, 11) is 0. The van der Waals surface area contributed by atoms with Gasteiger partial charge in [-0.25, -0.2) is 15.0 Å². The Labute approximate surface area is 325 Å².